The molecule has 1 aromatic heterocycles. The van der Waals surface area contributed by atoms with Crippen molar-refractivity contribution in [2.75, 3.05) is 31.6 Å². The molecule has 0 bridgehead atoms. The number of thiophene rings is 1. The van der Waals surface area contributed by atoms with Crippen LogP contribution in [0.3, 0.4) is 0 Å². The van der Waals surface area contributed by atoms with Crippen molar-refractivity contribution in [3.05, 3.63) is 51.7 Å². The fourth-order valence-electron chi connectivity index (χ4n) is 3.85. The van der Waals surface area contributed by atoms with Crippen molar-refractivity contribution in [3.8, 4) is 0 Å². The molecule has 1 unspecified atom stereocenters. The van der Waals surface area contributed by atoms with Crippen LogP contribution in [-0.2, 0) is 22.4 Å². The van der Waals surface area contributed by atoms with Crippen LogP contribution in [-0.4, -0.2) is 43.0 Å². The number of morpholine rings is 1. The molecule has 2 aromatic rings. The number of fused-ring (bicyclic) bond motifs is 1. The number of carbonyl (C=O) groups excluding carboxylic acids is 2. The number of ether oxygens (including phenoxy) is 1. The van der Waals surface area contributed by atoms with Gasteiger partial charge in [-0.1, -0.05) is 12.1 Å². The maximum absolute atomic E-state index is 13.1. The maximum Gasteiger partial charge on any atom is 0.251 e. The van der Waals surface area contributed by atoms with Crippen LogP contribution < -0.4 is 11.1 Å². The Kier molecular flexibility index (Phi) is 5.43. The zero-order valence-electron chi connectivity index (χ0n) is 15.4. The summed E-state index contributed by atoms with van der Waals surface area (Å²) < 4.78 is 18.9. The molecular weight excluding hydrogens is 381 g/mol. The van der Waals surface area contributed by atoms with E-state index in [1.807, 2.05) is 4.90 Å². The van der Waals surface area contributed by atoms with E-state index in [-0.39, 0.29) is 24.4 Å². The van der Waals surface area contributed by atoms with Gasteiger partial charge in [0.2, 0.25) is 5.91 Å². The van der Waals surface area contributed by atoms with Crippen molar-refractivity contribution >= 4 is 28.2 Å². The van der Waals surface area contributed by atoms with Crippen LogP contribution in [0.5, 0.6) is 0 Å². The molecule has 1 aliphatic heterocycles. The first-order chi connectivity index (χ1) is 13.5. The minimum absolute atomic E-state index is 0.179. The number of nitrogens with zero attached hydrogens (tertiary/aromatic N) is 1. The lowest BCUT2D eigenvalue weighted by molar-refractivity contribution is -0.119. The molecule has 3 N–H and O–H groups in total. The third-order valence-corrected chi connectivity index (χ3v) is 6.39. The fourth-order valence-corrected chi connectivity index (χ4v) is 5.16. The molecular formula is C20H22FN3O3S. The number of halogens is 1. The lowest BCUT2D eigenvalue weighted by atomic mass is 10.1. The van der Waals surface area contributed by atoms with Gasteiger partial charge in [-0.15, -0.1) is 11.3 Å². The topological polar surface area (TPSA) is 84.7 Å². The van der Waals surface area contributed by atoms with E-state index >= 15 is 0 Å². The summed E-state index contributed by atoms with van der Waals surface area (Å²) in [5.74, 6) is -0.955. The SMILES string of the molecule is NC(=O)c1c(NC(=O)CN2CCOC(c3ccc(F)cc3)C2)sc2c1CCC2. The highest BCUT2D eigenvalue weighted by molar-refractivity contribution is 7.17. The van der Waals surface area contributed by atoms with Crippen LogP contribution in [0.2, 0.25) is 0 Å². The Morgan fingerprint density at radius 2 is 2.07 bits per heavy atom. The number of rotatable bonds is 5. The predicted octanol–water partition coefficient (Wildman–Crippen LogP) is 2.49. The van der Waals surface area contributed by atoms with E-state index in [1.165, 1.54) is 23.5 Å². The molecule has 1 atom stereocenters. The average Bonchev–Trinajstić information content (AvgIpc) is 3.22. The molecule has 0 spiro atoms. The summed E-state index contributed by atoms with van der Waals surface area (Å²) in [7, 11) is 0. The summed E-state index contributed by atoms with van der Waals surface area (Å²) in [5.41, 5.74) is 7.90. The molecule has 1 fully saturated rings. The summed E-state index contributed by atoms with van der Waals surface area (Å²) in [6.07, 6.45) is 2.59. The van der Waals surface area contributed by atoms with Crippen molar-refractivity contribution < 1.29 is 18.7 Å². The van der Waals surface area contributed by atoms with Gasteiger partial charge in [0.1, 0.15) is 10.8 Å². The first-order valence-corrected chi connectivity index (χ1v) is 10.2. The number of hydrogen-bond acceptors (Lipinski definition) is 5. The third kappa shape index (κ3) is 3.94. The summed E-state index contributed by atoms with van der Waals surface area (Å²) >= 11 is 1.45. The van der Waals surface area contributed by atoms with Crippen molar-refractivity contribution in [1.82, 2.24) is 4.90 Å². The van der Waals surface area contributed by atoms with Crippen molar-refractivity contribution in [2.24, 2.45) is 5.73 Å². The monoisotopic (exact) mass is 403 g/mol. The van der Waals surface area contributed by atoms with Crippen LogP contribution in [0.15, 0.2) is 24.3 Å². The molecule has 148 valence electrons. The zero-order chi connectivity index (χ0) is 19.7. The second-order valence-corrected chi connectivity index (χ2v) is 8.23. The largest absolute Gasteiger partial charge is 0.371 e. The van der Waals surface area contributed by atoms with E-state index in [9.17, 15) is 14.0 Å². The highest BCUT2D eigenvalue weighted by Gasteiger charge is 2.27. The fraction of sp³-hybridized carbons (Fsp3) is 0.400. The first-order valence-electron chi connectivity index (χ1n) is 9.35. The summed E-state index contributed by atoms with van der Waals surface area (Å²) in [4.78, 5) is 27.6. The van der Waals surface area contributed by atoms with Gasteiger partial charge in [-0.25, -0.2) is 4.39 Å². The number of benzene rings is 1. The number of aryl methyl sites for hydroxylation is 1. The molecule has 0 radical (unpaired) electrons. The number of amides is 2. The second-order valence-electron chi connectivity index (χ2n) is 7.12. The highest BCUT2D eigenvalue weighted by Crippen LogP contribution is 2.38. The third-order valence-electron chi connectivity index (χ3n) is 5.18. The lowest BCUT2D eigenvalue weighted by Gasteiger charge is -2.32. The highest BCUT2D eigenvalue weighted by atomic mass is 32.1. The minimum atomic E-state index is -0.488. The molecule has 4 rings (SSSR count). The smallest absolute Gasteiger partial charge is 0.251 e. The van der Waals surface area contributed by atoms with Gasteiger partial charge in [-0.05, 0) is 42.5 Å². The second kappa shape index (κ2) is 7.98. The van der Waals surface area contributed by atoms with Gasteiger partial charge >= 0.3 is 0 Å². The number of carbonyl (C=O) groups is 2. The van der Waals surface area contributed by atoms with Crippen LogP contribution in [0.4, 0.5) is 9.39 Å². The van der Waals surface area contributed by atoms with Gasteiger partial charge in [0, 0.05) is 18.0 Å². The van der Waals surface area contributed by atoms with E-state index in [0.717, 1.165) is 35.3 Å². The molecule has 1 aliphatic carbocycles. The Morgan fingerprint density at radius 1 is 1.29 bits per heavy atom. The van der Waals surface area contributed by atoms with E-state index in [1.54, 1.807) is 12.1 Å². The zero-order valence-corrected chi connectivity index (χ0v) is 16.2. The van der Waals surface area contributed by atoms with Crippen molar-refractivity contribution in [3.63, 3.8) is 0 Å². The molecule has 2 aliphatic rings. The Bertz CT molecular complexity index is 897. The molecule has 8 heteroatoms. The van der Waals surface area contributed by atoms with Gasteiger partial charge in [-0.2, -0.15) is 0 Å². The predicted molar refractivity (Wildman–Crippen MR) is 105 cm³/mol. The van der Waals surface area contributed by atoms with Crippen LogP contribution in [0.25, 0.3) is 0 Å². The molecule has 1 saturated heterocycles. The summed E-state index contributed by atoms with van der Waals surface area (Å²) in [6, 6.07) is 6.23. The number of hydrogen-bond donors (Lipinski definition) is 2. The van der Waals surface area contributed by atoms with Gasteiger partial charge in [0.15, 0.2) is 0 Å². The normalized spacial score (nSPS) is 19.4. The van der Waals surface area contributed by atoms with Gasteiger partial charge in [0.05, 0.1) is 24.8 Å². The summed E-state index contributed by atoms with van der Waals surface area (Å²) in [6.45, 7) is 1.87. The van der Waals surface area contributed by atoms with Crippen LogP contribution in [0.1, 0.15) is 38.9 Å². The van der Waals surface area contributed by atoms with E-state index < -0.39 is 5.91 Å². The molecule has 0 saturated carbocycles. The molecule has 2 heterocycles. The number of anilines is 1. The van der Waals surface area contributed by atoms with Crippen molar-refractivity contribution in [1.29, 1.82) is 0 Å². The Hall–Kier alpha value is -2.29. The Balaban J connectivity index is 1.40. The van der Waals surface area contributed by atoms with E-state index in [2.05, 4.69) is 5.32 Å². The van der Waals surface area contributed by atoms with Gasteiger partial charge in [-0.3, -0.25) is 14.5 Å². The minimum Gasteiger partial charge on any atom is -0.371 e. The summed E-state index contributed by atoms with van der Waals surface area (Å²) in [5, 5.41) is 3.44. The van der Waals surface area contributed by atoms with Crippen LogP contribution in [0, 0.1) is 5.82 Å². The molecule has 6 nitrogen and oxygen atoms in total. The maximum atomic E-state index is 13.1. The van der Waals surface area contributed by atoms with Gasteiger partial charge < -0.3 is 15.8 Å². The number of nitrogens with one attached hydrogen (secondary N) is 1. The quantitative estimate of drug-likeness (QED) is 0.803. The number of nitrogens with two attached hydrogens (primary N) is 1. The van der Waals surface area contributed by atoms with E-state index in [0.29, 0.717) is 30.3 Å². The van der Waals surface area contributed by atoms with Crippen LogP contribution >= 0.6 is 11.3 Å². The Morgan fingerprint density at radius 3 is 2.82 bits per heavy atom. The van der Waals surface area contributed by atoms with Crippen molar-refractivity contribution in [2.45, 2.75) is 25.4 Å². The molecule has 28 heavy (non-hydrogen) atoms. The molecule has 1 aromatic carbocycles. The standard InChI is InChI=1S/C20H22FN3O3S/c21-13-6-4-12(5-7-13)15-10-24(8-9-27-15)11-17(25)23-20-18(19(22)26)14-2-1-3-16(14)28-20/h4-7,15H,1-3,8-11H2,(H2,22,26)(H,23,25). The molecule has 2 amide bonds. The Labute approximate surface area is 166 Å². The van der Waals surface area contributed by atoms with E-state index in [4.69, 9.17) is 10.5 Å². The first kappa shape index (κ1) is 19.0. The average molecular weight is 403 g/mol. The van der Waals surface area contributed by atoms with Gasteiger partial charge in [0.25, 0.3) is 5.91 Å². The number of primary amides is 1. The lowest BCUT2D eigenvalue weighted by Crippen LogP contribution is -2.42.